The third-order valence-corrected chi connectivity index (χ3v) is 3.12. The summed E-state index contributed by atoms with van der Waals surface area (Å²) < 4.78 is 5.55. The Morgan fingerprint density at radius 1 is 1.33 bits per heavy atom. The van der Waals surface area contributed by atoms with E-state index in [0.717, 1.165) is 5.69 Å². The summed E-state index contributed by atoms with van der Waals surface area (Å²) in [5.74, 6) is 0.417. The molecule has 1 atom stereocenters. The molecule has 2 rings (SSSR count). The summed E-state index contributed by atoms with van der Waals surface area (Å²) in [6, 6.07) is 12.7. The Kier molecular flexibility index (Phi) is 5.58. The van der Waals surface area contributed by atoms with Gasteiger partial charge >= 0.3 is 0 Å². The Morgan fingerprint density at radius 3 is 2.90 bits per heavy atom. The highest BCUT2D eigenvalue weighted by Gasteiger charge is 2.14. The standard InChI is InChI=1S/C16H17ClN2O2/c1-12(21-15-7-4-5-13(17)11-15)16(20)19-10-8-14-6-2-3-9-18-14/h2-7,9,11-12H,8,10H2,1H3,(H,19,20)/t12-/m1/s1. The van der Waals surface area contributed by atoms with Gasteiger partial charge in [0.15, 0.2) is 6.10 Å². The number of pyridine rings is 1. The molecule has 0 aliphatic heterocycles. The molecule has 0 aliphatic carbocycles. The molecule has 110 valence electrons. The summed E-state index contributed by atoms with van der Waals surface area (Å²) in [4.78, 5) is 16.1. The second-order valence-corrected chi connectivity index (χ2v) is 5.02. The van der Waals surface area contributed by atoms with Crippen molar-refractivity contribution in [3.05, 3.63) is 59.4 Å². The maximum absolute atomic E-state index is 11.9. The van der Waals surface area contributed by atoms with Crippen LogP contribution in [-0.2, 0) is 11.2 Å². The van der Waals surface area contributed by atoms with Crippen molar-refractivity contribution in [3.8, 4) is 5.75 Å². The first-order chi connectivity index (χ1) is 10.1. The second-order valence-electron chi connectivity index (χ2n) is 4.58. The molecule has 1 aromatic carbocycles. The molecule has 5 heteroatoms. The van der Waals surface area contributed by atoms with Gasteiger partial charge in [-0.3, -0.25) is 9.78 Å². The van der Waals surface area contributed by atoms with Crippen molar-refractivity contribution >= 4 is 17.5 Å². The number of nitrogens with one attached hydrogen (secondary N) is 1. The summed E-state index contributed by atoms with van der Waals surface area (Å²) in [6.07, 6.45) is 1.85. The van der Waals surface area contributed by atoms with E-state index in [2.05, 4.69) is 10.3 Å². The fourth-order valence-electron chi connectivity index (χ4n) is 1.80. The minimum Gasteiger partial charge on any atom is -0.481 e. The van der Waals surface area contributed by atoms with Crippen molar-refractivity contribution in [1.29, 1.82) is 0 Å². The first-order valence-corrected chi connectivity index (χ1v) is 7.13. The third-order valence-electron chi connectivity index (χ3n) is 2.88. The van der Waals surface area contributed by atoms with Crippen LogP contribution in [0.15, 0.2) is 48.7 Å². The number of benzene rings is 1. The number of hydrogen-bond donors (Lipinski definition) is 1. The van der Waals surface area contributed by atoms with Crippen LogP contribution in [0.1, 0.15) is 12.6 Å². The molecule has 0 bridgehead atoms. The molecule has 1 amide bonds. The fourth-order valence-corrected chi connectivity index (χ4v) is 1.98. The van der Waals surface area contributed by atoms with Crippen molar-refractivity contribution < 1.29 is 9.53 Å². The molecular formula is C16H17ClN2O2. The van der Waals surface area contributed by atoms with Crippen LogP contribution in [0.4, 0.5) is 0 Å². The van der Waals surface area contributed by atoms with E-state index in [1.807, 2.05) is 18.2 Å². The van der Waals surface area contributed by atoms with E-state index in [1.54, 1.807) is 37.4 Å². The molecule has 2 aromatic rings. The molecule has 0 radical (unpaired) electrons. The maximum atomic E-state index is 11.9. The Labute approximate surface area is 129 Å². The summed E-state index contributed by atoms with van der Waals surface area (Å²) >= 11 is 5.87. The van der Waals surface area contributed by atoms with Gasteiger partial charge in [0.25, 0.3) is 5.91 Å². The number of rotatable bonds is 6. The zero-order chi connectivity index (χ0) is 15.1. The Bertz CT molecular complexity index is 590. The second kappa shape index (κ2) is 7.64. The SMILES string of the molecule is C[C@@H](Oc1cccc(Cl)c1)C(=O)NCCc1ccccn1. The summed E-state index contributed by atoms with van der Waals surface area (Å²) in [7, 11) is 0. The number of carbonyl (C=O) groups excluding carboxylic acids is 1. The van der Waals surface area contributed by atoms with Crippen molar-refractivity contribution in [2.75, 3.05) is 6.54 Å². The van der Waals surface area contributed by atoms with Crippen LogP contribution in [0.5, 0.6) is 5.75 Å². The molecule has 4 nitrogen and oxygen atoms in total. The molecule has 21 heavy (non-hydrogen) atoms. The predicted octanol–water partition coefficient (Wildman–Crippen LogP) is 2.86. The minimum absolute atomic E-state index is 0.161. The Morgan fingerprint density at radius 2 is 2.19 bits per heavy atom. The fraction of sp³-hybridized carbons (Fsp3) is 0.250. The topological polar surface area (TPSA) is 51.2 Å². The van der Waals surface area contributed by atoms with Crippen LogP contribution in [0.3, 0.4) is 0 Å². The lowest BCUT2D eigenvalue weighted by molar-refractivity contribution is -0.127. The molecule has 0 saturated heterocycles. The van der Waals surface area contributed by atoms with E-state index in [4.69, 9.17) is 16.3 Å². The van der Waals surface area contributed by atoms with Gasteiger partial charge in [-0.25, -0.2) is 0 Å². The number of nitrogens with zero attached hydrogens (tertiary/aromatic N) is 1. The van der Waals surface area contributed by atoms with E-state index in [0.29, 0.717) is 23.7 Å². The minimum atomic E-state index is -0.577. The van der Waals surface area contributed by atoms with Gasteiger partial charge in [-0.1, -0.05) is 23.7 Å². The lowest BCUT2D eigenvalue weighted by atomic mass is 10.2. The Hall–Kier alpha value is -2.07. The summed E-state index contributed by atoms with van der Waals surface area (Å²) in [5, 5.41) is 3.41. The highest BCUT2D eigenvalue weighted by Crippen LogP contribution is 2.18. The highest BCUT2D eigenvalue weighted by atomic mass is 35.5. The maximum Gasteiger partial charge on any atom is 0.260 e. The Balaban J connectivity index is 1.77. The van der Waals surface area contributed by atoms with Gasteiger partial charge in [0.2, 0.25) is 0 Å². The molecule has 1 heterocycles. The van der Waals surface area contributed by atoms with Gasteiger partial charge in [-0.2, -0.15) is 0 Å². The number of aromatic nitrogens is 1. The van der Waals surface area contributed by atoms with Crippen LogP contribution < -0.4 is 10.1 Å². The lowest BCUT2D eigenvalue weighted by Crippen LogP contribution is -2.37. The number of hydrogen-bond acceptors (Lipinski definition) is 3. The molecular weight excluding hydrogens is 288 g/mol. The van der Waals surface area contributed by atoms with Crippen LogP contribution in [0.2, 0.25) is 5.02 Å². The zero-order valence-corrected chi connectivity index (χ0v) is 12.5. The summed E-state index contributed by atoms with van der Waals surface area (Å²) in [6.45, 7) is 2.23. The number of ether oxygens (including phenoxy) is 1. The summed E-state index contributed by atoms with van der Waals surface area (Å²) in [5.41, 5.74) is 0.946. The van der Waals surface area contributed by atoms with Gasteiger partial charge in [0, 0.05) is 29.9 Å². The van der Waals surface area contributed by atoms with Crippen LogP contribution >= 0.6 is 11.6 Å². The van der Waals surface area contributed by atoms with Crippen LogP contribution in [0, 0.1) is 0 Å². The average Bonchev–Trinajstić information content (AvgIpc) is 2.48. The van der Waals surface area contributed by atoms with Crippen LogP contribution in [-0.4, -0.2) is 23.5 Å². The van der Waals surface area contributed by atoms with Gasteiger partial charge in [0.1, 0.15) is 5.75 Å². The van der Waals surface area contributed by atoms with Crippen molar-refractivity contribution in [3.63, 3.8) is 0 Å². The molecule has 1 aromatic heterocycles. The molecule has 0 aliphatic rings. The first kappa shape index (κ1) is 15.3. The predicted molar refractivity (Wildman–Crippen MR) is 82.5 cm³/mol. The third kappa shape index (κ3) is 5.08. The van der Waals surface area contributed by atoms with Crippen molar-refractivity contribution in [2.45, 2.75) is 19.4 Å². The average molecular weight is 305 g/mol. The highest BCUT2D eigenvalue weighted by molar-refractivity contribution is 6.30. The normalized spacial score (nSPS) is 11.7. The molecule has 0 saturated carbocycles. The van der Waals surface area contributed by atoms with E-state index in [9.17, 15) is 4.79 Å². The molecule has 0 unspecified atom stereocenters. The van der Waals surface area contributed by atoms with Gasteiger partial charge in [-0.15, -0.1) is 0 Å². The van der Waals surface area contributed by atoms with Crippen LogP contribution in [0.25, 0.3) is 0 Å². The largest absolute Gasteiger partial charge is 0.481 e. The molecule has 1 N–H and O–H groups in total. The van der Waals surface area contributed by atoms with Gasteiger partial charge in [0.05, 0.1) is 0 Å². The monoisotopic (exact) mass is 304 g/mol. The van der Waals surface area contributed by atoms with Gasteiger partial charge < -0.3 is 10.1 Å². The van der Waals surface area contributed by atoms with E-state index in [1.165, 1.54) is 0 Å². The lowest BCUT2D eigenvalue weighted by Gasteiger charge is -2.14. The van der Waals surface area contributed by atoms with E-state index in [-0.39, 0.29) is 5.91 Å². The quantitative estimate of drug-likeness (QED) is 0.893. The first-order valence-electron chi connectivity index (χ1n) is 6.75. The van der Waals surface area contributed by atoms with E-state index < -0.39 is 6.10 Å². The molecule has 0 spiro atoms. The number of halogens is 1. The van der Waals surface area contributed by atoms with Crippen molar-refractivity contribution in [2.24, 2.45) is 0 Å². The number of carbonyl (C=O) groups is 1. The smallest absolute Gasteiger partial charge is 0.260 e. The van der Waals surface area contributed by atoms with Crippen molar-refractivity contribution in [1.82, 2.24) is 10.3 Å². The van der Waals surface area contributed by atoms with E-state index >= 15 is 0 Å². The van der Waals surface area contributed by atoms with Gasteiger partial charge in [-0.05, 0) is 37.3 Å². The number of amides is 1. The zero-order valence-electron chi connectivity index (χ0n) is 11.8. The molecule has 0 fully saturated rings.